The minimum atomic E-state index is 0.567. The smallest absolute Gasteiger partial charge is 0.0235 e. The van der Waals surface area contributed by atoms with E-state index in [4.69, 9.17) is 0 Å². The third-order valence-electron chi connectivity index (χ3n) is 13.6. The second-order valence-electron chi connectivity index (χ2n) is 14.9. The van der Waals surface area contributed by atoms with Crippen molar-refractivity contribution < 1.29 is 0 Å². The van der Waals surface area contributed by atoms with Crippen LogP contribution in [0.15, 0.2) is 0 Å². The molecule has 0 aromatic carbocycles. The molecule has 5 saturated carbocycles. The molecule has 5 fully saturated rings. The summed E-state index contributed by atoms with van der Waals surface area (Å²) in [6.07, 6.45) is 19.7. The zero-order chi connectivity index (χ0) is 22.2. The van der Waals surface area contributed by atoms with E-state index in [1.165, 1.54) is 44.9 Å². The molecule has 0 nitrogen and oxygen atoms in total. The molecular weight excluding hydrogens is 372 g/mol. The first-order valence-electron chi connectivity index (χ1n) is 14.6. The molecule has 0 aromatic heterocycles. The fourth-order valence-corrected chi connectivity index (χ4v) is 12.1. The fraction of sp³-hybridized carbons (Fsp3) is 1.00. The highest BCUT2D eigenvalue weighted by atomic mass is 14.7. The topological polar surface area (TPSA) is 0 Å². The number of hydrogen-bond acceptors (Lipinski definition) is 0. The molecule has 0 unspecified atom stereocenters. The van der Waals surface area contributed by atoms with E-state index < -0.39 is 0 Å². The molecule has 0 aliphatic heterocycles. The van der Waals surface area contributed by atoms with Gasteiger partial charge in [-0.15, -0.1) is 0 Å². The van der Waals surface area contributed by atoms with Gasteiger partial charge in [0.2, 0.25) is 0 Å². The summed E-state index contributed by atoms with van der Waals surface area (Å²) in [5.74, 6) is 7.13. The van der Waals surface area contributed by atoms with Gasteiger partial charge in [0.1, 0.15) is 0 Å². The van der Waals surface area contributed by atoms with E-state index in [9.17, 15) is 0 Å². The van der Waals surface area contributed by atoms with Gasteiger partial charge in [0, 0.05) is 0 Å². The Labute approximate surface area is 195 Å². The Morgan fingerprint density at radius 3 is 2.19 bits per heavy atom. The Morgan fingerprint density at radius 2 is 1.45 bits per heavy atom. The van der Waals surface area contributed by atoms with Gasteiger partial charge in [-0.3, -0.25) is 0 Å². The molecule has 0 bridgehead atoms. The van der Waals surface area contributed by atoms with Gasteiger partial charge in [-0.05, 0) is 127 Å². The summed E-state index contributed by atoms with van der Waals surface area (Å²) in [5, 5.41) is 0. The van der Waals surface area contributed by atoms with Crippen molar-refractivity contribution in [3.8, 4) is 0 Å². The van der Waals surface area contributed by atoms with Crippen molar-refractivity contribution in [2.45, 2.75) is 132 Å². The highest BCUT2D eigenvalue weighted by Crippen LogP contribution is 2.75. The maximum absolute atomic E-state index is 2.82. The summed E-state index contributed by atoms with van der Waals surface area (Å²) in [7, 11) is 0. The first kappa shape index (κ1) is 22.8. The lowest BCUT2D eigenvalue weighted by atomic mass is 9.33. The molecule has 5 rings (SSSR count). The first-order valence-corrected chi connectivity index (χ1v) is 14.6. The van der Waals surface area contributed by atoms with Gasteiger partial charge in [-0.1, -0.05) is 67.7 Å². The van der Waals surface area contributed by atoms with Gasteiger partial charge < -0.3 is 0 Å². The van der Waals surface area contributed by atoms with Crippen LogP contribution in [0.1, 0.15) is 132 Å². The number of hydrogen-bond donors (Lipinski definition) is 0. The van der Waals surface area contributed by atoms with Gasteiger partial charge in [-0.2, -0.15) is 0 Å². The molecule has 0 N–H and O–H groups in total. The maximum atomic E-state index is 2.82. The lowest BCUT2D eigenvalue weighted by molar-refractivity contribution is -0.227. The van der Waals surface area contributed by atoms with Crippen LogP contribution >= 0.6 is 0 Å². The van der Waals surface area contributed by atoms with Gasteiger partial charge in [0.25, 0.3) is 0 Å². The molecule has 0 heterocycles. The molecular formula is C31H54. The maximum Gasteiger partial charge on any atom is -0.0235 e. The molecule has 0 aromatic rings. The van der Waals surface area contributed by atoms with Crippen LogP contribution in [-0.2, 0) is 0 Å². The van der Waals surface area contributed by atoms with Gasteiger partial charge in [0.15, 0.2) is 0 Å². The highest BCUT2D eigenvalue weighted by molar-refractivity contribution is 5.16. The SMILES string of the molecule is CCC[C@H](C)[C@@H]1CC[C@H]2[C@@H]1CC[C@]1(C)[C@@H]2CC[C@@H]2[C@@]3(C)CCCC(C)(C)[C@@H]3CC[C@]21C. The van der Waals surface area contributed by atoms with Crippen LogP contribution < -0.4 is 0 Å². The molecule has 31 heavy (non-hydrogen) atoms. The quantitative estimate of drug-likeness (QED) is 0.421. The fourth-order valence-electron chi connectivity index (χ4n) is 12.1. The third-order valence-corrected chi connectivity index (χ3v) is 13.6. The molecule has 178 valence electrons. The van der Waals surface area contributed by atoms with Crippen LogP contribution in [0.25, 0.3) is 0 Å². The van der Waals surface area contributed by atoms with Crippen molar-refractivity contribution >= 4 is 0 Å². The standard InChI is InChI=1S/C31H54/c1-8-10-21(2)22-11-12-24-23(22)15-19-30(6)25(24)13-14-27-29(5)18-9-17-28(3,4)26(29)16-20-31(27,30)7/h21-27H,8-20H2,1-7H3/t21-,22-,23+,24-,25+,26-,27+,29-,30+,31+/m0/s1. The van der Waals surface area contributed by atoms with Gasteiger partial charge >= 0.3 is 0 Å². The lowest BCUT2D eigenvalue weighted by Crippen LogP contribution is -2.64. The third kappa shape index (κ3) is 3.04. The van der Waals surface area contributed by atoms with E-state index in [-0.39, 0.29) is 0 Å². The Balaban J connectivity index is 1.44. The van der Waals surface area contributed by atoms with Gasteiger partial charge in [0.05, 0.1) is 0 Å². The normalized spacial score (nSPS) is 54.3. The first-order chi connectivity index (χ1) is 14.6. The molecule has 10 atom stereocenters. The lowest BCUT2D eigenvalue weighted by Gasteiger charge is -2.71. The summed E-state index contributed by atoms with van der Waals surface area (Å²) in [6, 6.07) is 0. The van der Waals surface area contributed by atoms with Crippen LogP contribution in [-0.4, -0.2) is 0 Å². The largest absolute Gasteiger partial charge is 0.0654 e. The Kier molecular flexibility index (Phi) is 5.51. The van der Waals surface area contributed by atoms with Crippen LogP contribution in [0.3, 0.4) is 0 Å². The van der Waals surface area contributed by atoms with Crippen LogP contribution in [0.4, 0.5) is 0 Å². The summed E-state index contributed by atoms with van der Waals surface area (Å²) in [4.78, 5) is 0. The Hall–Kier alpha value is 0. The molecule has 5 aliphatic rings. The summed E-state index contributed by atoms with van der Waals surface area (Å²) in [6.45, 7) is 18.6. The monoisotopic (exact) mass is 426 g/mol. The van der Waals surface area contributed by atoms with Crippen LogP contribution in [0.5, 0.6) is 0 Å². The number of rotatable bonds is 3. The second-order valence-corrected chi connectivity index (χ2v) is 14.9. The van der Waals surface area contributed by atoms with Crippen molar-refractivity contribution in [2.24, 2.45) is 63.1 Å². The molecule has 0 saturated heterocycles. The van der Waals surface area contributed by atoms with E-state index >= 15 is 0 Å². The van der Waals surface area contributed by atoms with Gasteiger partial charge in [-0.25, -0.2) is 0 Å². The van der Waals surface area contributed by atoms with Crippen molar-refractivity contribution in [1.82, 2.24) is 0 Å². The van der Waals surface area contributed by atoms with Crippen LogP contribution in [0.2, 0.25) is 0 Å². The predicted molar refractivity (Wildman–Crippen MR) is 134 cm³/mol. The van der Waals surface area contributed by atoms with Crippen molar-refractivity contribution in [1.29, 1.82) is 0 Å². The van der Waals surface area contributed by atoms with E-state index in [2.05, 4.69) is 48.5 Å². The van der Waals surface area contributed by atoms with E-state index in [0.717, 1.165) is 41.4 Å². The predicted octanol–water partition coefficient (Wildman–Crippen LogP) is 9.52. The van der Waals surface area contributed by atoms with Crippen LogP contribution in [0, 0.1) is 63.1 Å². The van der Waals surface area contributed by atoms with Crippen molar-refractivity contribution in [2.75, 3.05) is 0 Å². The average Bonchev–Trinajstić information content (AvgIpc) is 3.12. The Bertz CT molecular complexity index is 676. The summed E-state index contributed by atoms with van der Waals surface area (Å²) >= 11 is 0. The molecule has 5 aliphatic carbocycles. The zero-order valence-electron chi connectivity index (χ0n) is 22.2. The Morgan fingerprint density at radius 1 is 0.710 bits per heavy atom. The molecule has 0 heteroatoms. The average molecular weight is 427 g/mol. The second kappa shape index (κ2) is 7.50. The minimum absolute atomic E-state index is 0.567. The highest BCUT2D eigenvalue weighted by Gasteiger charge is 2.68. The zero-order valence-corrected chi connectivity index (χ0v) is 22.2. The van der Waals surface area contributed by atoms with Crippen molar-refractivity contribution in [3.63, 3.8) is 0 Å². The van der Waals surface area contributed by atoms with E-state index in [1.54, 1.807) is 38.5 Å². The molecule has 0 radical (unpaired) electrons. The summed E-state index contributed by atoms with van der Waals surface area (Å²) < 4.78 is 0. The number of fused-ring (bicyclic) bond motifs is 7. The van der Waals surface area contributed by atoms with E-state index in [1.807, 2.05) is 0 Å². The molecule has 0 spiro atoms. The summed E-state index contributed by atoms with van der Waals surface area (Å²) in [5.41, 5.74) is 2.37. The minimum Gasteiger partial charge on any atom is -0.0654 e. The van der Waals surface area contributed by atoms with Crippen molar-refractivity contribution in [3.05, 3.63) is 0 Å². The molecule has 0 amide bonds. The van der Waals surface area contributed by atoms with E-state index in [0.29, 0.717) is 21.7 Å².